The molecule has 6 heterocycles. The third kappa shape index (κ3) is 9.59. The largest absolute Gasteiger partial charge is 0.481 e. The number of likely N-dealkylation sites (tertiary alicyclic amines) is 1. The Balaban J connectivity index is 0.771. The van der Waals surface area contributed by atoms with Crippen molar-refractivity contribution >= 4 is 56.1 Å². The molecule has 340 valence electrons. The number of rotatable bonds is 12. The van der Waals surface area contributed by atoms with E-state index in [-0.39, 0.29) is 23.8 Å². The summed E-state index contributed by atoms with van der Waals surface area (Å²) in [5.74, 6) is -2.24. The van der Waals surface area contributed by atoms with Crippen LogP contribution in [-0.2, 0) is 24.4 Å². The normalized spacial score (nSPS) is 19.3. The van der Waals surface area contributed by atoms with E-state index in [9.17, 15) is 27.6 Å². The summed E-state index contributed by atoms with van der Waals surface area (Å²) in [7, 11) is -3.95. The van der Waals surface area contributed by atoms with Crippen molar-refractivity contribution in [3.05, 3.63) is 102 Å². The molecule has 1 saturated carbocycles. The summed E-state index contributed by atoms with van der Waals surface area (Å²) >= 11 is 0. The van der Waals surface area contributed by atoms with Crippen molar-refractivity contribution in [2.24, 2.45) is 0 Å². The van der Waals surface area contributed by atoms with E-state index < -0.39 is 56.0 Å². The molecule has 1 unspecified atom stereocenters. The van der Waals surface area contributed by atoms with Gasteiger partial charge in [-0.15, -0.1) is 0 Å². The van der Waals surface area contributed by atoms with Gasteiger partial charge in [-0.05, 0) is 92.7 Å². The monoisotopic (exact) mass is 908 g/mol. The predicted octanol–water partition coefficient (Wildman–Crippen LogP) is 5.92. The second-order valence-corrected chi connectivity index (χ2v) is 19.3. The van der Waals surface area contributed by atoms with E-state index in [1.54, 1.807) is 18.5 Å². The minimum atomic E-state index is -3.95. The van der Waals surface area contributed by atoms with Crippen molar-refractivity contribution in [2.45, 2.75) is 75.1 Å². The average Bonchev–Trinajstić information content (AvgIpc) is 3.75. The second-order valence-electron chi connectivity index (χ2n) is 17.3. The third-order valence-electron chi connectivity index (χ3n) is 13.1. The van der Waals surface area contributed by atoms with E-state index in [4.69, 9.17) is 9.72 Å². The highest BCUT2D eigenvalue weighted by molar-refractivity contribution is 7.93. The summed E-state index contributed by atoms with van der Waals surface area (Å²) in [6.07, 6.45) is 9.76. The zero-order valence-electron chi connectivity index (χ0n) is 35.7. The Labute approximate surface area is 375 Å². The van der Waals surface area contributed by atoms with Gasteiger partial charge in [0.05, 0.1) is 23.0 Å². The fourth-order valence-corrected chi connectivity index (χ4v) is 10.9. The SMILES string of the molecule is O=C1CCC(Oc2ccc(C3CCN(CC(=O)N4CCN(c5ccc(-c6cnc7[nH]cc(C(=O)c8c(F)ccc(NS(=O)(=O)C9CCCCC9)c8F)c7c6)cn5)CC4)CC3)cc2)C(=O)N1. The summed E-state index contributed by atoms with van der Waals surface area (Å²) in [4.78, 5) is 68.9. The van der Waals surface area contributed by atoms with Gasteiger partial charge in [-0.2, -0.15) is 0 Å². The van der Waals surface area contributed by atoms with Crippen LogP contribution in [0.25, 0.3) is 22.2 Å². The molecule has 1 atom stereocenters. The number of H-pyrrole nitrogens is 1. The first-order valence-electron chi connectivity index (χ1n) is 22.2. The Kier molecular flexibility index (Phi) is 12.6. The van der Waals surface area contributed by atoms with Crippen molar-refractivity contribution in [2.75, 3.05) is 55.4 Å². The molecule has 1 aliphatic carbocycles. The maximum absolute atomic E-state index is 15.8. The molecule has 3 amide bonds. The fourth-order valence-electron chi connectivity index (χ4n) is 9.35. The second kappa shape index (κ2) is 18.7. The van der Waals surface area contributed by atoms with Gasteiger partial charge in [-0.3, -0.25) is 34.1 Å². The molecule has 0 spiro atoms. The summed E-state index contributed by atoms with van der Waals surface area (Å²) in [6.45, 7) is 4.33. The van der Waals surface area contributed by atoms with E-state index in [0.717, 1.165) is 63.1 Å². The quantitative estimate of drug-likeness (QED) is 0.0997. The molecule has 3 aliphatic heterocycles. The number of nitrogens with one attached hydrogen (secondary N) is 3. The summed E-state index contributed by atoms with van der Waals surface area (Å²) in [5.41, 5.74) is 1.48. The Bertz CT molecular complexity index is 2710. The first kappa shape index (κ1) is 44.0. The molecular weight excluding hydrogens is 859 g/mol. The number of halogens is 2. The van der Waals surface area contributed by atoms with Crippen LogP contribution in [0.5, 0.6) is 5.75 Å². The van der Waals surface area contributed by atoms with E-state index in [0.29, 0.717) is 85.8 Å². The molecule has 0 radical (unpaired) electrons. The minimum Gasteiger partial charge on any atom is -0.481 e. The van der Waals surface area contributed by atoms with Crippen LogP contribution >= 0.6 is 0 Å². The maximum atomic E-state index is 15.8. The number of piperidine rings is 2. The standard InChI is InChI=1S/C47H50F2N8O7S/c48-37-11-12-38(54-65(62,63)34-4-2-1-3-5-34)44(49)43(37)45(60)36-27-52-46-35(36)24-32(26-51-46)31-8-14-40(50-25-31)56-20-22-57(23-21-56)42(59)28-55-18-16-30(17-19-55)29-6-9-33(10-7-29)64-39-13-15-41(58)53-47(39)61/h6-12,14,24-27,30,34,39,54H,1-5,13,15-23,28H2,(H,51,52)(H,53,58,61). The number of amides is 3. The lowest BCUT2D eigenvalue weighted by Gasteiger charge is -2.37. The van der Waals surface area contributed by atoms with Gasteiger partial charge in [-0.1, -0.05) is 31.4 Å². The van der Waals surface area contributed by atoms with Crippen LogP contribution < -0.4 is 19.7 Å². The van der Waals surface area contributed by atoms with Crippen LogP contribution in [0.2, 0.25) is 0 Å². The highest BCUT2D eigenvalue weighted by atomic mass is 32.2. The first-order chi connectivity index (χ1) is 31.4. The highest BCUT2D eigenvalue weighted by Crippen LogP contribution is 2.33. The molecule has 0 bridgehead atoms. The first-order valence-corrected chi connectivity index (χ1v) is 23.8. The average molecular weight is 909 g/mol. The molecular formula is C47H50F2N8O7S. The summed E-state index contributed by atoms with van der Waals surface area (Å²) < 4.78 is 65.2. The third-order valence-corrected chi connectivity index (χ3v) is 15.0. The zero-order valence-corrected chi connectivity index (χ0v) is 36.5. The predicted molar refractivity (Wildman–Crippen MR) is 239 cm³/mol. The van der Waals surface area contributed by atoms with Crippen molar-refractivity contribution in [3.8, 4) is 16.9 Å². The van der Waals surface area contributed by atoms with E-state index in [1.807, 2.05) is 41.3 Å². The maximum Gasteiger partial charge on any atom is 0.267 e. The Morgan fingerprint density at radius 1 is 0.831 bits per heavy atom. The zero-order chi connectivity index (χ0) is 45.2. The number of carbonyl (C=O) groups is 4. The Hall–Kier alpha value is -6.27. The van der Waals surface area contributed by atoms with Gasteiger partial charge in [0.25, 0.3) is 5.91 Å². The van der Waals surface area contributed by atoms with Crippen molar-refractivity contribution in [3.63, 3.8) is 0 Å². The van der Waals surface area contributed by atoms with Gasteiger partial charge >= 0.3 is 0 Å². The molecule has 18 heteroatoms. The molecule has 3 N–H and O–H groups in total. The van der Waals surface area contributed by atoms with Crippen LogP contribution in [0.3, 0.4) is 0 Å². The smallest absolute Gasteiger partial charge is 0.267 e. The molecule has 15 nitrogen and oxygen atoms in total. The molecule has 9 rings (SSSR count). The van der Waals surface area contributed by atoms with Gasteiger partial charge in [0.2, 0.25) is 27.6 Å². The van der Waals surface area contributed by atoms with Crippen LogP contribution in [0, 0.1) is 11.6 Å². The molecule has 4 fully saturated rings. The molecule has 4 aliphatic rings. The van der Waals surface area contributed by atoms with E-state index in [2.05, 4.69) is 29.8 Å². The molecule has 3 aromatic heterocycles. The lowest BCUT2D eigenvalue weighted by atomic mass is 9.89. The number of nitrogens with zero attached hydrogens (tertiary/aromatic N) is 5. The lowest BCUT2D eigenvalue weighted by Crippen LogP contribution is -2.52. The van der Waals surface area contributed by atoms with Crippen molar-refractivity contribution in [1.29, 1.82) is 0 Å². The number of ketones is 1. The number of imide groups is 1. The van der Waals surface area contributed by atoms with Gasteiger partial charge in [0.15, 0.2) is 11.9 Å². The number of aromatic nitrogens is 3. The fraction of sp³-hybridized carbons (Fsp3) is 0.404. The summed E-state index contributed by atoms with van der Waals surface area (Å²) in [5, 5.41) is 1.96. The number of pyridine rings is 2. The molecule has 65 heavy (non-hydrogen) atoms. The number of fused-ring (bicyclic) bond motifs is 1. The lowest BCUT2D eigenvalue weighted by molar-refractivity contribution is -0.139. The number of benzene rings is 2. The van der Waals surface area contributed by atoms with Crippen LogP contribution in [0.15, 0.2) is 73.2 Å². The number of aromatic amines is 1. The number of sulfonamides is 1. The van der Waals surface area contributed by atoms with Gasteiger partial charge < -0.3 is 19.5 Å². The molecule has 5 aromatic rings. The molecule has 3 saturated heterocycles. The minimum absolute atomic E-state index is 0.0240. The van der Waals surface area contributed by atoms with E-state index in [1.165, 1.54) is 11.8 Å². The summed E-state index contributed by atoms with van der Waals surface area (Å²) in [6, 6.07) is 15.1. The van der Waals surface area contributed by atoms with Gasteiger partial charge in [0, 0.05) is 79.7 Å². The van der Waals surface area contributed by atoms with Crippen LogP contribution in [0.4, 0.5) is 20.3 Å². The number of anilines is 2. The van der Waals surface area contributed by atoms with E-state index >= 15 is 8.78 Å². The number of hydrogen-bond donors (Lipinski definition) is 3. The number of piperazine rings is 1. The Morgan fingerprint density at radius 2 is 1.57 bits per heavy atom. The van der Waals surface area contributed by atoms with Crippen LogP contribution in [-0.4, -0.2) is 114 Å². The van der Waals surface area contributed by atoms with Gasteiger partial charge in [-0.25, -0.2) is 27.2 Å². The molecule has 2 aromatic carbocycles. The van der Waals surface area contributed by atoms with Gasteiger partial charge in [0.1, 0.15) is 23.0 Å². The Morgan fingerprint density at radius 3 is 2.28 bits per heavy atom. The number of carbonyl (C=O) groups excluding carboxylic acids is 4. The van der Waals surface area contributed by atoms with Crippen molar-refractivity contribution < 1.29 is 41.1 Å². The van der Waals surface area contributed by atoms with Crippen LogP contribution in [0.1, 0.15) is 85.2 Å². The number of ether oxygens (including phenoxy) is 1. The highest BCUT2D eigenvalue weighted by Gasteiger charge is 2.32. The number of hydrogen-bond acceptors (Lipinski definition) is 11. The topological polar surface area (TPSA) is 187 Å². The van der Waals surface area contributed by atoms with Crippen molar-refractivity contribution in [1.82, 2.24) is 30.1 Å².